The van der Waals surface area contributed by atoms with Gasteiger partial charge in [0.15, 0.2) is 0 Å². The maximum absolute atomic E-state index is 11.9. The van der Waals surface area contributed by atoms with Crippen molar-refractivity contribution in [2.24, 2.45) is 5.92 Å². The van der Waals surface area contributed by atoms with Gasteiger partial charge in [0.2, 0.25) is 5.91 Å². The number of allylic oxidation sites excluding steroid dienone is 3. The van der Waals surface area contributed by atoms with Crippen LogP contribution in [0.15, 0.2) is 24.3 Å². The number of likely N-dealkylation sites (N-methyl/N-ethyl adjacent to an activating group) is 1. The summed E-state index contributed by atoms with van der Waals surface area (Å²) >= 11 is 0. The van der Waals surface area contributed by atoms with Gasteiger partial charge < -0.3 is 4.90 Å². The van der Waals surface area contributed by atoms with Crippen LogP contribution in [-0.4, -0.2) is 23.9 Å². The highest BCUT2D eigenvalue weighted by molar-refractivity contribution is 5.81. The molecule has 0 bridgehead atoms. The van der Waals surface area contributed by atoms with Gasteiger partial charge in [-0.25, -0.2) is 0 Å². The Labute approximate surface area is 124 Å². The van der Waals surface area contributed by atoms with E-state index in [4.69, 9.17) is 0 Å². The fourth-order valence-corrected chi connectivity index (χ4v) is 2.22. The number of hydrogen-bond donors (Lipinski definition) is 0. The first-order valence-corrected chi connectivity index (χ1v) is 8.38. The lowest BCUT2D eigenvalue weighted by molar-refractivity contribution is -0.131. The summed E-state index contributed by atoms with van der Waals surface area (Å²) in [4.78, 5) is 13.9. The standard InChI is InChI=1S/C18H31NO/c1-3-5-6-7-8-9-10-11-12-13-16-19(4-2)18(20)17-14-15-17/h8-9,12-13,17H,3-7,10-11,14-16H2,1-2H3/b9-8-,13-12+. The minimum Gasteiger partial charge on any atom is -0.339 e. The van der Waals surface area contributed by atoms with Crippen LogP contribution in [0.3, 0.4) is 0 Å². The van der Waals surface area contributed by atoms with E-state index in [0.29, 0.717) is 11.8 Å². The van der Waals surface area contributed by atoms with Crippen LogP contribution in [0.25, 0.3) is 0 Å². The predicted molar refractivity (Wildman–Crippen MR) is 86.6 cm³/mol. The fourth-order valence-electron chi connectivity index (χ4n) is 2.22. The Bertz CT molecular complexity index is 315. The van der Waals surface area contributed by atoms with E-state index >= 15 is 0 Å². The lowest BCUT2D eigenvalue weighted by Crippen LogP contribution is -2.32. The van der Waals surface area contributed by atoms with E-state index in [1.807, 2.05) is 4.90 Å². The van der Waals surface area contributed by atoms with Crippen LogP contribution in [0.2, 0.25) is 0 Å². The number of carbonyl (C=O) groups excluding carboxylic acids is 1. The van der Waals surface area contributed by atoms with Crippen LogP contribution in [0, 0.1) is 5.92 Å². The third-order valence-electron chi connectivity index (χ3n) is 3.75. The number of amides is 1. The van der Waals surface area contributed by atoms with Gasteiger partial charge in [-0.15, -0.1) is 0 Å². The van der Waals surface area contributed by atoms with Crippen LogP contribution < -0.4 is 0 Å². The maximum Gasteiger partial charge on any atom is 0.225 e. The summed E-state index contributed by atoms with van der Waals surface area (Å²) in [6.07, 6.45) is 18.5. The zero-order valence-corrected chi connectivity index (χ0v) is 13.3. The SMILES string of the molecule is CCCCC/C=C\CC/C=C/CN(CC)C(=O)C1CC1. The van der Waals surface area contributed by atoms with Crippen LogP contribution in [0.1, 0.15) is 65.2 Å². The van der Waals surface area contributed by atoms with Gasteiger partial charge in [0.1, 0.15) is 0 Å². The van der Waals surface area contributed by atoms with Gasteiger partial charge in [-0.2, -0.15) is 0 Å². The summed E-state index contributed by atoms with van der Waals surface area (Å²) in [5.41, 5.74) is 0. The van der Waals surface area contributed by atoms with Crippen molar-refractivity contribution in [2.45, 2.75) is 65.2 Å². The molecule has 0 aliphatic heterocycles. The quantitative estimate of drug-likeness (QED) is 0.395. The summed E-state index contributed by atoms with van der Waals surface area (Å²) in [6.45, 7) is 5.91. The molecule has 0 unspecified atom stereocenters. The van der Waals surface area contributed by atoms with Gasteiger partial charge >= 0.3 is 0 Å². The van der Waals surface area contributed by atoms with Crippen LogP contribution >= 0.6 is 0 Å². The van der Waals surface area contributed by atoms with Gasteiger partial charge in [0.05, 0.1) is 0 Å². The smallest absolute Gasteiger partial charge is 0.225 e. The van der Waals surface area contributed by atoms with E-state index in [1.54, 1.807) is 0 Å². The number of unbranched alkanes of at least 4 members (excludes halogenated alkanes) is 4. The van der Waals surface area contributed by atoms with Gasteiger partial charge in [0, 0.05) is 19.0 Å². The molecule has 2 heteroatoms. The second-order valence-corrected chi connectivity index (χ2v) is 5.67. The van der Waals surface area contributed by atoms with Crippen molar-refractivity contribution >= 4 is 5.91 Å². The van der Waals surface area contributed by atoms with Crippen molar-refractivity contribution in [3.8, 4) is 0 Å². The number of carbonyl (C=O) groups is 1. The van der Waals surface area contributed by atoms with Crippen molar-refractivity contribution in [2.75, 3.05) is 13.1 Å². The fraction of sp³-hybridized carbons (Fsp3) is 0.722. The topological polar surface area (TPSA) is 20.3 Å². The second-order valence-electron chi connectivity index (χ2n) is 5.67. The van der Waals surface area contributed by atoms with E-state index in [0.717, 1.165) is 38.8 Å². The van der Waals surface area contributed by atoms with E-state index in [9.17, 15) is 4.79 Å². The molecule has 20 heavy (non-hydrogen) atoms. The lowest BCUT2D eigenvalue weighted by Gasteiger charge is -2.18. The molecule has 0 aromatic heterocycles. The number of hydrogen-bond acceptors (Lipinski definition) is 1. The highest BCUT2D eigenvalue weighted by Gasteiger charge is 2.32. The molecule has 114 valence electrons. The van der Waals surface area contributed by atoms with Crippen LogP contribution in [0.4, 0.5) is 0 Å². The second kappa shape index (κ2) is 10.7. The molecule has 1 fully saturated rings. The van der Waals surface area contributed by atoms with Gasteiger partial charge in [-0.05, 0) is 45.4 Å². The Kier molecular flexibility index (Phi) is 9.10. The molecule has 1 aliphatic carbocycles. The van der Waals surface area contributed by atoms with E-state index < -0.39 is 0 Å². The Balaban J connectivity index is 2.04. The molecule has 0 aromatic carbocycles. The highest BCUT2D eigenvalue weighted by Crippen LogP contribution is 2.30. The molecule has 0 aromatic rings. The maximum atomic E-state index is 11.9. The van der Waals surface area contributed by atoms with Gasteiger partial charge in [-0.3, -0.25) is 4.79 Å². The molecule has 0 saturated heterocycles. The Morgan fingerprint density at radius 3 is 2.25 bits per heavy atom. The zero-order valence-electron chi connectivity index (χ0n) is 13.3. The highest BCUT2D eigenvalue weighted by atomic mass is 16.2. The average Bonchev–Trinajstić information content (AvgIpc) is 3.29. The van der Waals surface area contributed by atoms with Crippen molar-refractivity contribution < 1.29 is 4.79 Å². The lowest BCUT2D eigenvalue weighted by atomic mass is 10.2. The predicted octanol–water partition coefficient (Wildman–Crippen LogP) is 4.72. The van der Waals surface area contributed by atoms with Crippen molar-refractivity contribution in [1.82, 2.24) is 4.90 Å². The van der Waals surface area contributed by atoms with Crippen LogP contribution in [0.5, 0.6) is 0 Å². The first kappa shape index (κ1) is 17.0. The summed E-state index contributed by atoms with van der Waals surface area (Å²) in [5, 5.41) is 0. The molecule has 1 saturated carbocycles. The molecule has 0 atom stereocenters. The molecule has 2 nitrogen and oxygen atoms in total. The van der Waals surface area contributed by atoms with Crippen molar-refractivity contribution in [1.29, 1.82) is 0 Å². The third kappa shape index (κ3) is 7.52. The number of rotatable bonds is 11. The first-order chi connectivity index (χ1) is 9.79. The van der Waals surface area contributed by atoms with Gasteiger partial charge in [-0.1, -0.05) is 44.1 Å². The summed E-state index contributed by atoms with van der Waals surface area (Å²) in [6, 6.07) is 0. The third-order valence-corrected chi connectivity index (χ3v) is 3.75. The molecule has 1 aliphatic rings. The molecule has 1 rings (SSSR count). The molecule has 0 N–H and O–H groups in total. The van der Waals surface area contributed by atoms with Crippen molar-refractivity contribution in [3.63, 3.8) is 0 Å². The molecule has 0 spiro atoms. The molecule has 1 amide bonds. The van der Waals surface area contributed by atoms with E-state index in [1.165, 1.54) is 25.7 Å². The number of nitrogens with zero attached hydrogens (tertiary/aromatic N) is 1. The minimum atomic E-state index is 0.342. The Hall–Kier alpha value is -1.05. The van der Waals surface area contributed by atoms with Gasteiger partial charge in [0.25, 0.3) is 0 Å². The normalized spacial score (nSPS) is 15.3. The van der Waals surface area contributed by atoms with E-state index in [2.05, 4.69) is 38.2 Å². The molecule has 0 heterocycles. The Morgan fingerprint density at radius 1 is 1.00 bits per heavy atom. The summed E-state index contributed by atoms with van der Waals surface area (Å²) < 4.78 is 0. The van der Waals surface area contributed by atoms with Crippen LogP contribution in [-0.2, 0) is 4.79 Å². The van der Waals surface area contributed by atoms with Crippen molar-refractivity contribution in [3.05, 3.63) is 24.3 Å². The average molecular weight is 277 g/mol. The minimum absolute atomic E-state index is 0.342. The summed E-state index contributed by atoms with van der Waals surface area (Å²) in [5.74, 6) is 0.697. The Morgan fingerprint density at radius 2 is 1.65 bits per heavy atom. The largest absolute Gasteiger partial charge is 0.339 e. The molecule has 0 radical (unpaired) electrons. The van der Waals surface area contributed by atoms with E-state index in [-0.39, 0.29) is 0 Å². The monoisotopic (exact) mass is 277 g/mol. The molecular formula is C18H31NO. The first-order valence-electron chi connectivity index (χ1n) is 8.38. The molecular weight excluding hydrogens is 246 g/mol. The summed E-state index contributed by atoms with van der Waals surface area (Å²) in [7, 11) is 0. The zero-order chi connectivity index (χ0) is 14.6.